The molecule has 1 amide bonds. The number of carboxylic acids is 1. The normalized spacial score (nSPS) is 14.6. The zero-order valence-corrected chi connectivity index (χ0v) is 22.9. The molecule has 1 fully saturated rings. The molecule has 4 heterocycles. The second-order valence-electron chi connectivity index (χ2n) is 9.86. The molecule has 3 aromatic heterocycles. The van der Waals surface area contributed by atoms with Gasteiger partial charge in [0.05, 0.1) is 39.8 Å². The van der Waals surface area contributed by atoms with Gasteiger partial charge >= 0.3 is 5.97 Å². The predicted octanol–water partition coefficient (Wildman–Crippen LogP) is 5.19. The van der Waals surface area contributed by atoms with Crippen LogP contribution in [0.2, 0.25) is 0 Å². The molecule has 5 aromatic rings. The van der Waals surface area contributed by atoms with E-state index in [2.05, 4.69) is 9.97 Å². The van der Waals surface area contributed by atoms with E-state index in [9.17, 15) is 14.7 Å². The number of pyridine rings is 1. The average Bonchev–Trinajstić information content (AvgIpc) is 3.56. The fraction of sp³-hybridized carbons (Fsp3) is 0.200. The topological polar surface area (TPSA) is 130 Å². The first-order valence-electron chi connectivity index (χ1n) is 13.0. The van der Waals surface area contributed by atoms with Crippen LogP contribution < -0.4 is 10.5 Å². The Kier molecular flexibility index (Phi) is 7.40. The summed E-state index contributed by atoms with van der Waals surface area (Å²) in [5, 5.41) is 11.2. The minimum Gasteiger partial charge on any atom is -0.478 e. The number of carbonyl (C=O) groups excluding carboxylic acids is 1. The van der Waals surface area contributed by atoms with Gasteiger partial charge < -0.3 is 24.9 Å². The van der Waals surface area contributed by atoms with Gasteiger partial charge in [0.1, 0.15) is 24.1 Å². The molecule has 3 N–H and O–H groups in total. The van der Waals surface area contributed by atoms with Crippen molar-refractivity contribution in [3.05, 3.63) is 99.0 Å². The summed E-state index contributed by atoms with van der Waals surface area (Å²) in [6, 6.07) is 13.2. The summed E-state index contributed by atoms with van der Waals surface area (Å²) in [6.45, 7) is 1.18. The van der Waals surface area contributed by atoms with E-state index in [1.165, 1.54) is 23.5 Å². The molecule has 1 unspecified atom stereocenters. The summed E-state index contributed by atoms with van der Waals surface area (Å²) in [5.74, 6) is -2.23. The summed E-state index contributed by atoms with van der Waals surface area (Å²) in [6.07, 6.45) is 0.758. The van der Waals surface area contributed by atoms with Crippen molar-refractivity contribution in [2.24, 2.45) is 5.73 Å². The zero-order chi connectivity index (χ0) is 29.4. The van der Waals surface area contributed by atoms with Crippen LogP contribution in [0.4, 0.5) is 8.78 Å². The summed E-state index contributed by atoms with van der Waals surface area (Å²) in [5.41, 5.74) is 7.53. The number of aromatic carboxylic acids is 1. The number of benzene rings is 2. The first kappa shape index (κ1) is 27.5. The number of thiophene rings is 1. The van der Waals surface area contributed by atoms with Gasteiger partial charge in [0.2, 0.25) is 5.88 Å². The van der Waals surface area contributed by atoms with Crippen molar-refractivity contribution >= 4 is 34.2 Å². The second-order valence-corrected chi connectivity index (χ2v) is 10.8. The molecule has 214 valence electrons. The van der Waals surface area contributed by atoms with Crippen LogP contribution in [0.3, 0.4) is 0 Å². The first-order valence-corrected chi connectivity index (χ1v) is 13.9. The Balaban J connectivity index is 1.26. The predicted molar refractivity (Wildman–Crippen MR) is 151 cm³/mol. The Labute approximate surface area is 242 Å². The molecule has 1 saturated heterocycles. The number of imidazole rings is 1. The van der Waals surface area contributed by atoms with Crippen LogP contribution in [0.25, 0.3) is 22.3 Å². The van der Waals surface area contributed by atoms with Gasteiger partial charge in [0.15, 0.2) is 0 Å². The third kappa shape index (κ3) is 5.58. The Hall–Kier alpha value is -4.68. The Morgan fingerprint density at radius 3 is 2.67 bits per heavy atom. The Morgan fingerprint density at radius 1 is 1.12 bits per heavy atom. The van der Waals surface area contributed by atoms with Crippen molar-refractivity contribution in [1.29, 1.82) is 0 Å². The summed E-state index contributed by atoms with van der Waals surface area (Å²) in [7, 11) is 0. The number of fused-ring (bicyclic) bond motifs is 1. The molecular formula is C30H24F2N4O5S. The van der Waals surface area contributed by atoms with Gasteiger partial charge in [-0.15, -0.1) is 11.3 Å². The van der Waals surface area contributed by atoms with E-state index < -0.39 is 23.5 Å². The zero-order valence-electron chi connectivity index (χ0n) is 22.0. The minimum atomic E-state index is -1.07. The summed E-state index contributed by atoms with van der Waals surface area (Å²) < 4.78 is 43.9. The molecule has 9 nitrogen and oxygen atoms in total. The van der Waals surface area contributed by atoms with E-state index in [1.54, 1.807) is 35.7 Å². The van der Waals surface area contributed by atoms with E-state index in [1.807, 2.05) is 4.57 Å². The van der Waals surface area contributed by atoms with Crippen molar-refractivity contribution in [2.45, 2.75) is 32.1 Å². The van der Waals surface area contributed by atoms with E-state index in [0.29, 0.717) is 34.9 Å². The number of amides is 1. The van der Waals surface area contributed by atoms with Crippen molar-refractivity contribution in [3.63, 3.8) is 0 Å². The molecule has 0 spiro atoms. The number of ether oxygens (including phenoxy) is 2. The highest BCUT2D eigenvalue weighted by molar-refractivity contribution is 7.12. The maximum Gasteiger partial charge on any atom is 0.335 e. The van der Waals surface area contributed by atoms with Crippen LogP contribution in [0.15, 0.2) is 60.0 Å². The number of hydrogen-bond donors (Lipinski definition) is 2. The highest BCUT2D eigenvalue weighted by atomic mass is 32.1. The fourth-order valence-electron chi connectivity index (χ4n) is 4.75. The number of carboxylic acid groups (broad SMARTS) is 1. The van der Waals surface area contributed by atoms with E-state index in [4.69, 9.17) is 15.2 Å². The van der Waals surface area contributed by atoms with Gasteiger partial charge in [-0.25, -0.2) is 23.5 Å². The maximum atomic E-state index is 15.4. The average molecular weight is 591 g/mol. The number of rotatable bonds is 10. The van der Waals surface area contributed by atoms with Gasteiger partial charge in [-0.05, 0) is 59.8 Å². The molecule has 12 heteroatoms. The van der Waals surface area contributed by atoms with Crippen LogP contribution in [0.1, 0.15) is 43.4 Å². The summed E-state index contributed by atoms with van der Waals surface area (Å²) in [4.78, 5) is 32.2. The van der Waals surface area contributed by atoms with E-state index in [0.717, 1.165) is 24.1 Å². The molecule has 2 aromatic carbocycles. The highest BCUT2D eigenvalue weighted by Crippen LogP contribution is 2.29. The third-order valence-electron chi connectivity index (χ3n) is 7.02. The van der Waals surface area contributed by atoms with Crippen LogP contribution in [0, 0.1) is 11.6 Å². The molecule has 0 aliphatic carbocycles. The van der Waals surface area contributed by atoms with Gasteiger partial charge in [0.25, 0.3) is 5.91 Å². The molecule has 1 aliphatic rings. The monoisotopic (exact) mass is 590 g/mol. The lowest BCUT2D eigenvalue weighted by Crippen LogP contribution is -2.31. The summed E-state index contributed by atoms with van der Waals surface area (Å²) >= 11 is 1.21. The quantitative estimate of drug-likeness (QED) is 0.229. The van der Waals surface area contributed by atoms with Crippen molar-refractivity contribution in [1.82, 2.24) is 14.5 Å². The molecule has 1 atom stereocenters. The number of carbonyl (C=O) groups is 2. The lowest BCUT2D eigenvalue weighted by Gasteiger charge is -2.27. The van der Waals surface area contributed by atoms with Crippen LogP contribution in [0.5, 0.6) is 5.88 Å². The fourth-order valence-corrected chi connectivity index (χ4v) is 5.50. The molecule has 0 saturated carbocycles. The second kappa shape index (κ2) is 11.3. The van der Waals surface area contributed by atoms with Gasteiger partial charge in [0, 0.05) is 30.2 Å². The number of primary amides is 1. The number of hydrogen-bond acceptors (Lipinski definition) is 7. The SMILES string of the molecule is NC(=O)c1cc(COc2cccc(-c3cc(F)c(Cc4nc5ccc(C(=O)O)cc5n4CC4CCO4)cc3F)n2)cs1. The van der Waals surface area contributed by atoms with E-state index >= 15 is 8.78 Å². The molecular weight excluding hydrogens is 566 g/mol. The number of halogens is 2. The van der Waals surface area contributed by atoms with Crippen molar-refractivity contribution in [2.75, 3.05) is 6.61 Å². The van der Waals surface area contributed by atoms with Crippen LogP contribution >= 0.6 is 11.3 Å². The number of nitrogens with zero attached hydrogens (tertiary/aromatic N) is 3. The number of aromatic nitrogens is 3. The highest BCUT2D eigenvalue weighted by Gasteiger charge is 2.23. The first-order chi connectivity index (χ1) is 20.2. The molecule has 0 radical (unpaired) electrons. The number of nitrogens with two attached hydrogens (primary N) is 1. The van der Waals surface area contributed by atoms with Gasteiger partial charge in [-0.2, -0.15) is 0 Å². The van der Waals surface area contributed by atoms with Gasteiger partial charge in [-0.1, -0.05) is 6.07 Å². The largest absolute Gasteiger partial charge is 0.478 e. The minimum absolute atomic E-state index is 0.0165. The molecule has 42 heavy (non-hydrogen) atoms. The van der Waals surface area contributed by atoms with Crippen LogP contribution in [-0.4, -0.2) is 44.2 Å². The van der Waals surface area contributed by atoms with E-state index in [-0.39, 0.29) is 47.4 Å². The Morgan fingerprint density at radius 2 is 1.95 bits per heavy atom. The Bertz CT molecular complexity index is 1830. The van der Waals surface area contributed by atoms with Crippen molar-refractivity contribution < 1.29 is 33.0 Å². The lowest BCUT2D eigenvalue weighted by atomic mass is 10.0. The lowest BCUT2D eigenvalue weighted by molar-refractivity contribution is -0.0589. The molecule has 1 aliphatic heterocycles. The molecule has 0 bridgehead atoms. The maximum absolute atomic E-state index is 15.4. The smallest absolute Gasteiger partial charge is 0.335 e. The standard InChI is InChI=1S/C30H24F2N4O5S/c31-21-12-20(23-2-1-3-28(35-23)41-14-16-8-26(29(33)37)42-15-16)22(32)9-18(21)11-27-34-24-5-4-17(30(38)39)10-25(24)36(27)13-19-6-7-40-19/h1-5,8-10,12,15,19H,6-7,11,13-14H2,(H2,33,37)(H,38,39). The van der Waals surface area contributed by atoms with Crippen LogP contribution in [-0.2, 0) is 24.3 Å². The molecule has 6 rings (SSSR count). The van der Waals surface area contributed by atoms with Crippen molar-refractivity contribution in [3.8, 4) is 17.1 Å². The third-order valence-corrected chi connectivity index (χ3v) is 8.01. The van der Waals surface area contributed by atoms with Gasteiger partial charge in [-0.3, -0.25) is 4.79 Å².